The van der Waals surface area contributed by atoms with Crippen LogP contribution in [0, 0.1) is 0 Å². The van der Waals surface area contributed by atoms with E-state index in [1.807, 2.05) is 0 Å². The van der Waals surface area contributed by atoms with E-state index in [9.17, 15) is 13.6 Å². The predicted octanol–water partition coefficient (Wildman–Crippen LogP) is 0.343. The van der Waals surface area contributed by atoms with E-state index >= 15 is 0 Å². The van der Waals surface area contributed by atoms with E-state index < -0.39 is 20.1 Å². The van der Waals surface area contributed by atoms with Crippen LogP contribution in [0.4, 0.5) is 5.69 Å². The maximum Gasteiger partial charge on any atom is 0.0803 e. The first-order valence-electron chi connectivity index (χ1n) is 5.45. The number of rotatable bonds is 2. The van der Waals surface area contributed by atoms with Crippen LogP contribution in [0.3, 0.4) is 0 Å². The summed E-state index contributed by atoms with van der Waals surface area (Å²) in [6.07, 6.45) is 1.72. The standard InChI is InChI=1S/C8H10AsNO5.C3H3NS2/c1-5(11)10-8-6(9(13,14)15)3-2-4-7(8)12;5-3-1-4-2-6-3/h2-4,12H,1H3,(H,10,11)(H2,13,14,15);1-2,5H. The van der Waals surface area contributed by atoms with Crippen molar-refractivity contribution >= 4 is 54.1 Å². The van der Waals surface area contributed by atoms with Crippen LogP contribution < -0.4 is 9.67 Å². The molecule has 1 amide bonds. The van der Waals surface area contributed by atoms with Crippen LogP contribution in [-0.2, 0) is 8.53 Å². The van der Waals surface area contributed by atoms with E-state index in [4.69, 9.17) is 8.19 Å². The summed E-state index contributed by atoms with van der Waals surface area (Å²) in [6.45, 7) is 1.18. The normalized spacial score (nSPS) is 10.5. The molecule has 21 heavy (non-hydrogen) atoms. The summed E-state index contributed by atoms with van der Waals surface area (Å²) in [6, 6.07) is 3.71. The van der Waals surface area contributed by atoms with E-state index in [1.165, 1.54) is 36.5 Å². The van der Waals surface area contributed by atoms with Crippen LogP contribution in [-0.4, -0.2) is 38.4 Å². The predicted molar refractivity (Wildman–Crippen MR) is 82.3 cm³/mol. The molecule has 1 aromatic carbocycles. The van der Waals surface area contributed by atoms with Gasteiger partial charge in [-0.3, -0.25) is 4.98 Å². The molecule has 7 nitrogen and oxygen atoms in total. The van der Waals surface area contributed by atoms with Gasteiger partial charge in [0.1, 0.15) is 0 Å². The fourth-order valence-corrected chi connectivity index (χ4v) is 3.40. The summed E-state index contributed by atoms with van der Waals surface area (Å²) in [5.41, 5.74) is 1.53. The number of thiol groups is 1. The Morgan fingerprint density at radius 1 is 1.43 bits per heavy atom. The second-order valence-electron chi connectivity index (χ2n) is 3.74. The summed E-state index contributed by atoms with van der Waals surface area (Å²) in [7, 11) is 0. The summed E-state index contributed by atoms with van der Waals surface area (Å²) < 4.78 is 29.7. The van der Waals surface area contributed by atoms with Gasteiger partial charge >= 0.3 is 88.1 Å². The van der Waals surface area contributed by atoms with Crippen molar-refractivity contribution in [3.05, 3.63) is 29.9 Å². The minimum absolute atomic E-state index is 0.225. The number of amides is 1. The molecule has 0 spiro atoms. The molecular weight excluding hydrogens is 379 g/mol. The molecule has 1 heterocycles. The molecule has 1 aromatic heterocycles. The number of hydrogen-bond acceptors (Lipinski definition) is 6. The number of nitrogens with zero attached hydrogens (tertiary/aromatic N) is 1. The fraction of sp³-hybridized carbons (Fsp3) is 0.0909. The molecule has 0 radical (unpaired) electrons. The van der Waals surface area contributed by atoms with E-state index in [0.717, 1.165) is 4.21 Å². The maximum absolute atomic E-state index is 11.1. The number of hydrogen-bond donors (Lipinski definition) is 5. The number of aromatic nitrogens is 1. The average Bonchev–Trinajstić information content (AvgIpc) is 2.82. The van der Waals surface area contributed by atoms with Crippen molar-refractivity contribution in [2.24, 2.45) is 0 Å². The molecular formula is C11H13AsN2O5S2. The molecule has 114 valence electrons. The van der Waals surface area contributed by atoms with Crippen molar-refractivity contribution in [3.63, 3.8) is 0 Å². The smallest absolute Gasteiger partial charge is 0.0803 e. The molecule has 4 N–H and O–H groups in total. The van der Waals surface area contributed by atoms with Gasteiger partial charge in [-0.1, -0.05) is 0 Å². The Morgan fingerprint density at radius 2 is 2.10 bits per heavy atom. The number of anilines is 1. The number of nitrogens with one attached hydrogen (secondary N) is 1. The van der Waals surface area contributed by atoms with Gasteiger partial charge in [-0.2, -0.15) is 0 Å². The number of aromatic hydroxyl groups is 1. The minimum atomic E-state index is -5.14. The summed E-state index contributed by atoms with van der Waals surface area (Å²) in [4.78, 5) is 14.5. The Kier molecular flexibility index (Phi) is 6.50. The molecule has 0 unspecified atom stereocenters. The van der Waals surface area contributed by atoms with Crippen LogP contribution in [0.2, 0.25) is 0 Å². The average molecular weight is 392 g/mol. The van der Waals surface area contributed by atoms with Crippen molar-refractivity contribution in [1.82, 2.24) is 4.98 Å². The second-order valence-corrected chi connectivity index (χ2v) is 8.70. The number of para-hydroxylation sites is 1. The third kappa shape index (κ3) is 5.94. The molecule has 2 rings (SSSR count). The molecule has 0 aliphatic rings. The first-order valence-corrected chi connectivity index (χ1v) is 10.2. The van der Waals surface area contributed by atoms with E-state index in [0.29, 0.717) is 0 Å². The Hall–Kier alpha value is -1.25. The van der Waals surface area contributed by atoms with Crippen LogP contribution in [0.15, 0.2) is 34.1 Å². The number of carbonyl (C=O) groups is 1. The quantitative estimate of drug-likeness (QED) is 0.286. The van der Waals surface area contributed by atoms with Crippen LogP contribution in [0.1, 0.15) is 6.92 Å². The van der Waals surface area contributed by atoms with Crippen LogP contribution in [0.5, 0.6) is 5.75 Å². The first-order chi connectivity index (χ1) is 9.71. The summed E-state index contributed by atoms with van der Waals surface area (Å²) >= 11 is 0.380. The zero-order valence-corrected chi connectivity index (χ0v) is 14.4. The van der Waals surface area contributed by atoms with Crippen LogP contribution >= 0.6 is 24.0 Å². The molecule has 0 fully saturated rings. The number of benzene rings is 1. The van der Waals surface area contributed by atoms with Gasteiger partial charge in [0, 0.05) is 0 Å². The van der Waals surface area contributed by atoms with Gasteiger partial charge in [0.2, 0.25) is 0 Å². The van der Waals surface area contributed by atoms with Crippen molar-refractivity contribution < 1.29 is 21.8 Å². The Balaban J connectivity index is 0.000000304. The third-order valence-electron chi connectivity index (χ3n) is 2.05. The van der Waals surface area contributed by atoms with Crippen molar-refractivity contribution in [1.29, 1.82) is 0 Å². The van der Waals surface area contributed by atoms with E-state index in [-0.39, 0.29) is 15.8 Å². The monoisotopic (exact) mass is 392 g/mol. The SMILES string of the molecule is CC(=O)Nc1c(O)cccc1[As](=O)(O)O.Sc1cncs1. The first kappa shape index (κ1) is 17.8. The van der Waals surface area contributed by atoms with Crippen LogP contribution in [0.25, 0.3) is 0 Å². The summed E-state index contributed by atoms with van der Waals surface area (Å²) in [5, 5.41) is 11.5. The van der Waals surface area contributed by atoms with Crippen molar-refractivity contribution in [2.75, 3.05) is 5.32 Å². The largest absolute Gasteiger partial charge is 0.252 e. The van der Waals surface area contributed by atoms with Crippen molar-refractivity contribution in [3.8, 4) is 5.75 Å². The van der Waals surface area contributed by atoms with Gasteiger partial charge in [-0.05, 0) is 0 Å². The maximum atomic E-state index is 11.1. The molecule has 0 saturated heterocycles. The fourth-order valence-electron chi connectivity index (χ4n) is 1.28. The number of thiazole rings is 1. The van der Waals surface area contributed by atoms with Gasteiger partial charge in [-0.15, -0.1) is 24.0 Å². The molecule has 0 atom stereocenters. The number of phenols is 1. The van der Waals surface area contributed by atoms with Gasteiger partial charge < -0.3 is 0 Å². The second kappa shape index (κ2) is 7.67. The number of carbonyl (C=O) groups excluding carboxylic acids is 1. The molecule has 2 aromatic rings. The third-order valence-corrected chi connectivity index (χ3v) is 5.16. The minimum Gasteiger partial charge on any atom is -0.252 e. The van der Waals surface area contributed by atoms with Gasteiger partial charge in [0.25, 0.3) is 0 Å². The van der Waals surface area contributed by atoms with E-state index in [1.54, 1.807) is 11.7 Å². The Morgan fingerprint density at radius 3 is 2.48 bits per heavy atom. The zero-order chi connectivity index (χ0) is 16.0. The molecule has 0 bridgehead atoms. The Bertz CT molecular complexity index is 657. The topological polar surface area (TPSA) is 120 Å². The van der Waals surface area contributed by atoms with Gasteiger partial charge in [0.05, 0.1) is 15.9 Å². The molecule has 0 aliphatic heterocycles. The van der Waals surface area contributed by atoms with Gasteiger partial charge in [-0.25, -0.2) is 0 Å². The summed E-state index contributed by atoms with van der Waals surface area (Å²) in [5.74, 6) is -0.880. The van der Waals surface area contributed by atoms with Gasteiger partial charge in [0.15, 0.2) is 0 Å². The Labute approximate surface area is 133 Å². The van der Waals surface area contributed by atoms with Crippen molar-refractivity contribution in [2.45, 2.75) is 11.1 Å². The number of phenolic OH excluding ortho intramolecular Hbond substituents is 1. The molecule has 0 aliphatic carbocycles. The zero-order valence-electron chi connectivity index (χ0n) is 10.8. The molecule has 10 heteroatoms. The molecule has 0 saturated carbocycles. The van der Waals surface area contributed by atoms with E-state index in [2.05, 4.69) is 22.9 Å².